The van der Waals surface area contributed by atoms with E-state index >= 15 is 0 Å². The minimum absolute atomic E-state index is 0.0227. The molecule has 26 heavy (non-hydrogen) atoms. The molecule has 2 aromatic carbocycles. The molecule has 134 valence electrons. The predicted molar refractivity (Wildman–Crippen MR) is 105 cm³/mol. The Morgan fingerprint density at radius 3 is 2.62 bits per heavy atom. The number of fused-ring (bicyclic) bond motifs is 1. The van der Waals surface area contributed by atoms with Gasteiger partial charge in [0.25, 0.3) is 0 Å². The zero-order chi connectivity index (χ0) is 18.3. The molecule has 0 saturated heterocycles. The highest BCUT2D eigenvalue weighted by atomic mass is 35.5. The average Bonchev–Trinajstić information content (AvgIpc) is 3.19. The van der Waals surface area contributed by atoms with Crippen molar-refractivity contribution in [2.75, 3.05) is 5.84 Å². The van der Waals surface area contributed by atoms with Crippen molar-refractivity contribution in [2.45, 2.75) is 37.0 Å². The summed E-state index contributed by atoms with van der Waals surface area (Å²) in [4.78, 5) is 10.9. The van der Waals surface area contributed by atoms with E-state index in [9.17, 15) is 4.79 Å². The highest BCUT2D eigenvalue weighted by molar-refractivity contribution is 6.21. The monoisotopic (exact) mass is 368 g/mol. The molecule has 1 aromatic heterocycles. The van der Waals surface area contributed by atoms with E-state index in [0.29, 0.717) is 5.92 Å². The number of nitrogen functional groups attached to an aromatic ring is 1. The van der Waals surface area contributed by atoms with Crippen molar-refractivity contribution in [1.82, 2.24) is 4.68 Å². The third-order valence-electron chi connectivity index (χ3n) is 5.33. The van der Waals surface area contributed by atoms with Crippen LogP contribution in [0, 0.1) is 0 Å². The lowest BCUT2D eigenvalue weighted by Gasteiger charge is -2.16. The van der Waals surface area contributed by atoms with Gasteiger partial charge >= 0.3 is 5.97 Å². The van der Waals surface area contributed by atoms with Crippen LogP contribution in [0.3, 0.4) is 0 Å². The third kappa shape index (κ3) is 2.95. The fourth-order valence-corrected chi connectivity index (χ4v) is 4.48. The molecule has 1 heterocycles. The molecule has 4 nitrogen and oxygen atoms in total. The van der Waals surface area contributed by atoms with Crippen molar-refractivity contribution in [3.05, 3.63) is 59.7 Å². The number of para-hydroxylation sites is 1. The highest BCUT2D eigenvalue weighted by Gasteiger charge is 2.29. The van der Waals surface area contributed by atoms with Gasteiger partial charge in [0.15, 0.2) is 0 Å². The minimum atomic E-state index is -0.831. The van der Waals surface area contributed by atoms with E-state index in [0.717, 1.165) is 47.0 Å². The maximum Gasteiger partial charge on any atom is 0.307 e. The number of nitrogens with two attached hydrogens (primary N) is 1. The van der Waals surface area contributed by atoms with Gasteiger partial charge in [0.1, 0.15) is 0 Å². The van der Waals surface area contributed by atoms with Gasteiger partial charge in [-0.1, -0.05) is 48.9 Å². The number of hydrogen-bond donors (Lipinski definition) is 2. The first-order valence-electron chi connectivity index (χ1n) is 8.89. The summed E-state index contributed by atoms with van der Waals surface area (Å²) in [6.07, 6.45) is 3.32. The normalized spacial score (nSPS) is 19.9. The van der Waals surface area contributed by atoms with Gasteiger partial charge in [-0.2, -0.15) is 0 Å². The van der Waals surface area contributed by atoms with Gasteiger partial charge in [0.2, 0.25) is 0 Å². The predicted octanol–water partition coefficient (Wildman–Crippen LogP) is 4.52. The second-order valence-corrected chi connectivity index (χ2v) is 7.57. The van der Waals surface area contributed by atoms with Crippen molar-refractivity contribution < 1.29 is 9.90 Å². The fourth-order valence-electron chi connectivity index (χ4n) is 4.07. The number of aromatic nitrogens is 1. The van der Waals surface area contributed by atoms with E-state index in [1.54, 1.807) is 4.68 Å². The molecular weight excluding hydrogens is 348 g/mol. The summed E-state index contributed by atoms with van der Waals surface area (Å²) in [6.45, 7) is 0. The first-order chi connectivity index (χ1) is 12.5. The maximum absolute atomic E-state index is 10.9. The molecule has 0 bridgehead atoms. The number of hydrogen-bond acceptors (Lipinski definition) is 2. The molecule has 1 fully saturated rings. The number of nitrogens with zero attached hydrogens (tertiary/aromatic N) is 1. The topological polar surface area (TPSA) is 68.2 Å². The number of rotatable bonds is 4. The molecule has 3 N–H and O–H groups in total. The van der Waals surface area contributed by atoms with Gasteiger partial charge in [-0.25, -0.2) is 0 Å². The van der Waals surface area contributed by atoms with Crippen molar-refractivity contribution in [1.29, 1.82) is 0 Å². The van der Waals surface area contributed by atoms with Gasteiger partial charge in [-0.3, -0.25) is 9.47 Å². The molecule has 2 atom stereocenters. The first-order valence-corrected chi connectivity index (χ1v) is 9.33. The van der Waals surface area contributed by atoms with E-state index in [1.807, 2.05) is 24.3 Å². The van der Waals surface area contributed by atoms with Crippen molar-refractivity contribution in [3.8, 4) is 11.3 Å². The molecule has 1 saturated carbocycles. The van der Waals surface area contributed by atoms with Crippen LogP contribution in [-0.2, 0) is 11.2 Å². The third-order valence-corrected chi connectivity index (χ3v) is 5.85. The minimum Gasteiger partial charge on any atom is -0.481 e. The lowest BCUT2D eigenvalue weighted by molar-refractivity contribution is -0.136. The van der Waals surface area contributed by atoms with E-state index in [1.165, 1.54) is 5.56 Å². The lowest BCUT2D eigenvalue weighted by Crippen LogP contribution is -2.13. The zero-order valence-electron chi connectivity index (χ0n) is 14.4. The molecule has 0 radical (unpaired) electrons. The number of carboxylic acid groups (broad SMARTS) is 1. The van der Waals surface area contributed by atoms with Crippen molar-refractivity contribution >= 4 is 28.5 Å². The fraction of sp³-hybridized carbons (Fsp3) is 0.286. The van der Waals surface area contributed by atoms with E-state index < -0.39 is 5.97 Å². The summed E-state index contributed by atoms with van der Waals surface area (Å²) < 4.78 is 1.75. The first kappa shape index (κ1) is 17.0. The van der Waals surface area contributed by atoms with Crippen LogP contribution in [0.1, 0.15) is 36.3 Å². The molecular formula is C21H21ClN2O2. The van der Waals surface area contributed by atoms with Gasteiger partial charge in [-0.05, 0) is 30.0 Å². The molecule has 0 aliphatic heterocycles. The average molecular weight is 369 g/mol. The second kappa shape index (κ2) is 6.69. The van der Waals surface area contributed by atoms with Crippen molar-refractivity contribution in [2.24, 2.45) is 0 Å². The molecule has 0 spiro atoms. The van der Waals surface area contributed by atoms with Gasteiger partial charge < -0.3 is 10.9 Å². The Kier molecular flexibility index (Phi) is 4.37. The Morgan fingerprint density at radius 2 is 1.96 bits per heavy atom. The molecule has 1 aliphatic rings. The van der Waals surface area contributed by atoms with Gasteiger partial charge in [0, 0.05) is 22.2 Å². The number of benzene rings is 2. The second-order valence-electron chi connectivity index (χ2n) is 7.01. The SMILES string of the molecule is Nn1c(-c2ccc(CC(=O)O)cc2)cc2cccc(C3CCCC3Cl)c21. The Bertz CT molecular complexity index is 962. The highest BCUT2D eigenvalue weighted by Crippen LogP contribution is 2.41. The number of carboxylic acids is 1. The van der Waals surface area contributed by atoms with Crippen LogP contribution in [0.25, 0.3) is 22.2 Å². The Hall–Kier alpha value is -2.46. The van der Waals surface area contributed by atoms with E-state index in [4.69, 9.17) is 22.6 Å². The summed E-state index contributed by atoms with van der Waals surface area (Å²) in [5.41, 5.74) is 4.92. The number of alkyl halides is 1. The van der Waals surface area contributed by atoms with Crippen LogP contribution in [0.15, 0.2) is 48.5 Å². The summed E-state index contributed by atoms with van der Waals surface area (Å²) in [5, 5.41) is 10.2. The van der Waals surface area contributed by atoms with E-state index in [-0.39, 0.29) is 11.8 Å². The zero-order valence-corrected chi connectivity index (χ0v) is 15.1. The van der Waals surface area contributed by atoms with Crippen LogP contribution in [-0.4, -0.2) is 21.1 Å². The molecule has 4 rings (SSSR count). The van der Waals surface area contributed by atoms with E-state index in [2.05, 4.69) is 24.3 Å². The number of halogens is 1. The van der Waals surface area contributed by atoms with Crippen molar-refractivity contribution in [3.63, 3.8) is 0 Å². The summed E-state index contributed by atoms with van der Waals surface area (Å²) in [5.74, 6) is 5.99. The largest absolute Gasteiger partial charge is 0.481 e. The molecule has 5 heteroatoms. The molecule has 1 aliphatic carbocycles. The van der Waals surface area contributed by atoms with Crippen LogP contribution in [0.4, 0.5) is 0 Å². The standard InChI is InChI=1S/C21H21ClN2O2/c22-18-6-2-4-16(18)17-5-1-3-15-12-19(24(23)21(15)17)14-9-7-13(8-10-14)11-20(25)26/h1,3,5,7-10,12,16,18H,2,4,6,11,23H2,(H,25,26). The Balaban J connectivity index is 1.77. The van der Waals surface area contributed by atoms with Gasteiger partial charge in [-0.15, -0.1) is 11.6 Å². The summed E-state index contributed by atoms with van der Waals surface area (Å²) in [6, 6.07) is 15.9. The summed E-state index contributed by atoms with van der Waals surface area (Å²) >= 11 is 6.55. The van der Waals surface area contributed by atoms with Crippen LogP contribution < -0.4 is 5.84 Å². The number of carbonyl (C=O) groups is 1. The Labute approximate surface area is 157 Å². The van der Waals surface area contributed by atoms with Crippen LogP contribution in [0.2, 0.25) is 0 Å². The van der Waals surface area contributed by atoms with Crippen LogP contribution >= 0.6 is 11.6 Å². The molecule has 3 aromatic rings. The Morgan fingerprint density at radius 1 is 1.19 bits per heavy atom. The van der Waals surface area contributed by atoms with Gasteiger partial charge in [0.05, 0.1) is 17.6 Å². The molecule has 0 amide bonds. The molecule has 2 unspecified atom stereocenters. The lowest BCUT2D eigenvalue weighted by atomic mass is 9.95. The number of aliphatic carboxylic acids is 1. The maximum atomic E-state index is 10.9. The summed E-state index contributed by atoms with van der Waals surface area (Å²) in [7, 11) is 0. The smallest absolute Gasteiger partial charge is 0.307 e. The van der Waals surface area contributed by atoms with Crippen LogP contribution in [0.5, 0.6) is 0 Å². The quantitative estimate of drug-likeness (QED) is 0.525.